The van der Waals surface area contributed by atoms with E-state index >= 15 is 0 Å². The van der Waals surface area contributed by atoms with Crippen molar-refractivity contribution >= 4 is 0 Å². The summed E-state index contributed by atoms with van der Waals surface area (Å²) in [6.45, 7) is 6.89. The van der Waals surface area contributed by atoms with E-state index in [1.807, 2.05) is 0 Å². The van der Waals surface area contributed by atoms with Gasteiger partial charge in [-0.1, -0.05) is 0 Å². The molecule has 1 aliphatic rings. The zero-order valence-corrected chi connectivity index (χ0v) is 12.2. The number of piperazine rings is 1. The third kappa shape index (κ3) is 3.28. The van der Waals surface area contributed by atoms with Gasteiger partial charge < -0.3 is 9.73 Å². The minimum atomic E-state index is -0.276. The van der Waals surface area contributed by atoms with E-state index in [1.54, 1.807) is 12.1 Å². The number of nitrogens with one attached hydrogen (secondary N) is 1. The van der Waals surface area contributed by atoms with Gasteiger partial charge in [0, 0.05) is 30.7 Å². The van der Waals surface area contributed by atoms with Crippen molar-refractivity contribution in [3.63, 3.8) is 0 Å². The zero-order valence-electron chi connectivity index (χ0n) is 12.2. The molecule has 0 spiro atoms. The van der Waals surface area contributed by atoms with Crippen LogP contribution in [0.2, 0.25) is 0 Å². The summed E-state index contributed by atoms with van der Waals surface area (Å²) in [5, 5.41) is 11.6. The van der Waals surface area contributed by atoms with Gasteiger partial charge in [0.1, 0.15) is 5.82 Å². The Hall–Kier alpha value is -1.79. The van der Waals surface area contributed by atoms with Gasteiger partial charge in [-0.2, -0.15) is 0 Å². The Labute approximate surface area is 123 Å². The molecule has 6 heteroatoms. The highest BCUT2D eigenvalue weighted by atomic mass is 19.1. The van der Waals surface area contributed by atoms with Gasteiger partial charge >= 0.3 is 0 Å². The monoisotopic (exact) mass is 290 g/mol. The summed E-state index contributed by atoms with van der Waals surface area (Å²) >= 11 is 0. The molecule has 0 bridgehead atoms. The van der Waals surface area contributed by atoms with Crippen molar-refractivity contribution < 1.29 is 8.81 Å². The van der Waals surface area contributed by atoms with E-state index in [0.717, 1.165) is 18.7 Å². The molecule has 1 aliphatic heterocycles. The summed E-state index contributed by atoms with van der Waals surface area (Å²) in [6, 6.07) is 6.95. The topological polar surface area (TPSA) is 54.2 Å². The normalized spacial score (nSPS) is 23.4. The highest BCUT2D eigenvalue weighted by molar-refractivity contribution is 5.51. The van der Waals surface area contributed by atoms with Crippen LogP contribution in [0.4, 0.5) is 4.39 Å². The molecule has 1 aromatic heterocycles. The maximum atomic E-state index is 12.9. The molecular weight excluding hydrogens is 271 g/mol. The smallest absolute Gasteiger partial charge is 0.247 e. The van der Waals surface area contributed by atoms with Crippen molar-refractivity contribution in [2.45, 2.75) is 32.5 Å². The van der Waals surface area contributed by atoms with Crippen molar-refractivity contribution in [1.29, 1.82) is 0 Å². The second kappa shape index (κ2) is 5.91. The van der Waals surface area contributed by atoms with Gasteiger partial charge in [0.2, 0.25) is 11.8 Å². The third-order valence-corrected chi connectivity index (χ3v) is 3.79. The molecule has 1 aromatic carbocycles. The summed E-state index contributed by atoms with van der Waals surface area (Å²) in [5.74, 6) is 0.748. The van der Waals surface area contributed by atoms with Crippen LogP contribution in [0, 0.1) is 5.82 Å². The number of nitrogens with zero attached hydrogens (tertiary/aromatic N) is 3. The molecule has 1 N–H and O–H groups in total. The number of benzene rings is 1. The minimum Gasteiger partial charge on any atom is -0.419 e. The molecule has 3 rings (SSSR count). The Balaban J connectivity index is 1.71. The zero-order chi connectivity index (χ0) is 14.8. The van der Waals surface area contributed by atoms with E-state index in [1.165, 1.54) is 12.1 Å². The minimum absolute atomic E-state index is 0.276. The van der Waals surface area contributed by atoms with Crippen LogP contribution in [-0.4, -0.2) is 40.3 Å². The fraction of sp³-hybridized carbons (Fsp3) is 0.467. The Morgan fingerprint density at radius 3 is 2.81 bits per heavy atom. The van der Waals surface area contributed by atoms with Gasteiger partial charge in [-0.25, -0.2) is 4.39 Å². The number of aromatic nitrogens is 2. The number of halogens is 1. The molecule has 2 heterocycles. The molecule has 1 saturated heterocycles. The molecule has 0 amide bonds. The highest BCUT2D eigenvalue weighted by Crippen LogP contribution is 2.19. The van der Waals surface area contributed by atoms with E-state index in [-0.39, 0.29) is 5.82 Å². The van der Waals surface area contributed by atoms with Crippen LogP contribution in [0.1, 0.15) is 19.7 Å². The quantitative estimate of drug-likeness (QED) is 0.937. The third-order valence-electron chi connectivity index (χ3n) is 3.79. The molecular formula is C15H19FN4O. The lowest BCUT2D eigenvalue weighted by Gasteiger charge is -2.36. The second-order valence-corrected chi connectivity index (χ2v) is 5.60. The van der Waals surface area contributed by atoms with Crippen LogP contribution in [-0.2, 0) is 6.54 Å². The predicted octanol–water partition coefficient (Wildman–Crippen LogP) is 2.06. The standard InChI is InChI=1S/C15H19FN4O/c1-10-8-20(11(2)7-17-10)9-14-18-19-15(21-14)12-3-5-13(16)6-4-12/h3-6,10-11,17H,7-9H2,1-2H3. The maximum Gasteiger partial charge on any atom is 0.247 e. The van der Waals surface area contributed by atoms with E-state index in [0.29, 0.717) is 30.4 Å². The summed E-state index contributed by atoms with van der Waals surface area (Å²) in [5.41, 5.74) is 0.733. The fourth-order valence-electron chi connectivity index (χ4n) is 2.52. The van der Waals surface area contributed by atoms with Crippen LogP contribution in [0.25, 0.3) is 11.5 Å². The Morgan fingerprint density at radius 1 is 1.29 bits per heavy atom. The molecule has 1 fully saturated rings. The fourth-order valence-corrected chi connectivity index (χ4v) is 2.52. The number of hydrogen-bond acceptors (Lipinski definition) is 5. The summed E-state index contributed by atoms with van der Waals surface area (Å²) in [4.78, 5) is 2.32. The molecule has 5 nitrogen and oxygen atoms in total. The van der Waals surface area contributed by atoms with E-state index in [2.05, 4.69) is 34.3 Å². The molecule has 0 aliphatic carbocycles. The average Bonchev–Trinajstić information content (AvgIpc) is 2.92. The lowest BCUT2D eigenvalue weighted by molar-refractivity contribution is 0.127. The first-order chi connectivity index (χ1) is 10.1. The lowest BCUT2D eigenvalue weighted by Crippen LogP contribution is -2.53. The van der Waals surface area contributed by atoms with Crippen molar-refractivity contribution in [2.75, 3.05) is 13.1 Å². The van der Waals surface area contributed by atoms with Gasteiger partial charge in [-0.3, -0.25) is 4.90 Å². The van der Waals surface area contributed by atoms with Crippen molar-refractivity contribution in [1.82, 2.24) is 20.4 Å². The van der Waals surface area contributed by atoms with Crippen LogP contribution in [0.5, 0.6) is 0 Å². The predicted molar refractivity (Wildman–Crippen MR) is 77.0 cm³/mol. The van der Waals surface area contributed by atoms with Crippen LogP contribution >= 0.6 is 0 Å². The first kappa shape index (κ1) is 14.2. The molecule has 112 valence electrons. The Morgan fingerprint density at radius 2 is 2.05 bits per heavy atom. The maximum absolute atomic E-state index is 12.9. The highest BCUT2D eigenvalue weighted by Gasteiger charge is 2.24. The molecule has 2 atom stereocenters. The molecule has 0 saturated carbocycles. The van der Waals surface area contributed by atoms with Crippen molar-refractivity contribution in [3.05, 3.63) is 36.0 Å². The summed E-state index contributed by atoms with van der Waals surface area (Å²) in [6.07, 6.45) is 0. The Kier molecular flexibility index (Phi) is 3.98. The van der Waals surface area contributed by atoms with E-state index in [9.17, 15) is 4.39 Å². The van der Waals surface area contributed by atoms with Gasteiger partial charge in [0.15, 0.2) is 0 Å². The molecule has 2 aromatic rings. The van der Waals surface area contributed by atoms with Crippen LogP contribution < -0.4 is 5.32 Å². The van der Waals surface area contributed by atoms with Crippen molar-refractivity contribution in [2.24, 2.45) is 0 Å². The average molecular weight is 290 g/mol. The van der Waals surface area contributed by atoms with Crippen molar-refractivity contribution in [3.8, 4) is 11.5 Å². The summed E-state index contributed by atoms with van der Waals surface area (Å²) < 4.78 is 18.6. The molecule has 0 radical (unpaired) electrons. The van der Waals surface area contributed by atoms with Gasteiger partial charge in [0.25, 0.3) is 0 Å². The van der Waals surface area contributed by atoms with Gasteiger partial charge in [-0.15, -0.1) is 10.2 Å². The van der Waals surface area contributed by atoms with E-state index < -0.39 is 0 Å². The summed E-state index contributed by atoms with van der Waals surface area (Å²) in [7, 11) is 0. The Bertz CT molecular complexity index is 598. The number of rotatable bonds is 3. The molecule has 21 heavy (non-hydrogen) atoms. The first-order valence-corrected chi connectivity index (χ1v) is 7.17. The van der Waals surface area contributed by atoms with Gasteiger partial charge in [-0.05, 0) is 38.1 Å². The second-order valence-electron chi connectivity index (χ2n) is 5.60. The number of hydrogen-bond donors (Lipinski definition) is 1. The van der Waals surface area contributed by atoms with Crippen LogP contribution in [0.3, 0.4) is 0 Å². The SMILES string of the molecule is CC1CN(Cc2nnc(-c3ccc(F)cc3)o2)C(C)CN1. The van der Waals surface area contributed by atoms with Crippen LogP contribution in [0.15, 0.2) is 28.7 Å². The first-order valence-electron chi connectivity index (χ1n) is 7.17. The lowest BCUT2D eigenvalue weighted by atomic mass is 10.1. The van der Waals surface area contributed by atoms with Gasteiger partial charge in [0.05, 0.1) is 6.54 Å². The largest absolute Gasteiger partial charge is 0.419 e. The van der Waals surface area contributed by atoms with E-state index in [4.69, 9.17) is 4.42 Å². The molecule has 2 unspecified atom stereocenters.